The van der Waals surface area contributed by atoms with Gasteiger partial charge in [-0.05, 0) is 35.2 Å². The first-order valence-electron chi connectivity index (χ1n) is 7.04. The van der Waals surface area contributed by atoms with E-state index >= 15 is 0 Å². The second-order valence-corrected chi connectivity index (χ2v) is 5.73. The molecule has 1 aliphatic rings. The SMILES string of the molecule is NCC1c2ccccc2CCN1Cc1ccc(Cl)cc1. The first-order chi connectivity index (χ1) is 9.78. The van der Waals surface area contributed by atoms with Crippen molar-refractivity contribution >= 4 is 11.6 Å². The number of halogens is 1. The highest BCUT2D eigenvalue weighted by Gasteiger charge is 2.25. The van der Waals surface area contributed by atoms with Crippen molar-refractivity contribution in [2.75, 3.05) is 13.1 Å². The first kappa shape index (κ1) is 13.6. The van der Waals surface area contributed by atoms with Gasteiger partial charge in [0.15, 0.2) is 0 Å². The van der Waals surface area contributed by atoms with Gasteiger partial charge in [0.2, 0.25) is 0 Å². The van der Waals surface area contributed by atoms with Crippen molar-refractivity contribution in [2.24, 2.45) is 5.73 Å². The van der Waals surface area contributed by atoms with Crippen LogP contribution in [0, 0.1) is 0 Å². The number of nitrogens with two attached hydrogens (primary N) is 1. The quantitative estimate of drug-likeness (QED) is 0.937. The summed E-state index contributed by atoms with van der Waals surface area (Å²) in [6.07, 6.45) is 1.10. The second kappa shape index (κ2) is 5.96. The van der Waals surface area contributed by atoms with E-state index in [1.54, 1.807) is 0 Å². The van der Waals surface area contributed by atoms with Crippen LogP contribution in [-0.2, 0) is 13.0 Å². The van der Waals surface area contributed by atoms with Gasteiger partial charge in [0.25, 0.3) is 0 Å². The van der Waals surface area contributed by atoms with Crippen LogP contribution in [0.5, 0.6) is 0 Å². The lowest BCUT2D eigenvalue weighted by atomic mass is 9.92. The Labute approximate surface area is 125 Å². The van der Waals surface area contributed by atoms with Crippen LogP contribution in [0.3, 0.4) is 0 Å². The molecular weight excluding hydrogens is 268 g/mol. The molecule has 1 unspecified atom stereocenters. The van der Waals surface area contributed by atoms with Gasteiger partial charge in [-0.3, -0.25) is 4.90 Å². The van der Waals surface area contributed by atoms with Crippen LogP contribution in [0.1, 0.15) is 22.7 Å². The van der Waals surface area contributed by atoms with Crippen LogP contribution in [0.4, 0.5) is 0 Å². The van der Waals surface area contributed by atoms with Crippen molar-refractivity contribution in [1.82, 2.24) is 4.90 Å². The second-order valence-electron chi connectivity index (χ2n) is 5.30. The van der Waals surface area contributed by atoms with E-state index in [0.717, 1.165) is 24.5 Å². The topological polar surface area (TPSA) is 29.3 Å². The molecule has 0 fully saturated rings. The van der Waals surface area contributed by atoms with E-state index in [9.17, 15) is 0 Å². The van der Waals surface area contributed by atoms with Crippen molar-refractivity contribution in [3.63, 3.8) is 0 Å². The third-order valence-corrected chi connectivity index (χ3v) is 4.30. The Morgan fingerprint density at radius 2 is 1.85 bits per heavy atom. The van der Waals surface area contributed by atoms with Gasteiger partial charge in [-0.25, -0.2) is 0 Å². The summed E-state index contributed by atoms with van der Waals surface area (Å²) in [4.78, 5) is 2.46. The Kier molecular flexibility index (Phi) is 4.06. The van der Waals surface area contributed by atoms with Gasteiger partial charge in [0.1, 0.15) is 0 Å². The van der Waals surface area contributed by atoms with Gasteiger partial charge in [-0.1, -0.05) is 48.0 Å². The molecule has 0 aliphatic carbocycles. The fourth-order valence-corrected chi connectivity index (χ4v) is 3.12. The monoisotopic (exact) mass is 286 g/mol. The molecule has 0 saturated heterocycles. The summed E-state index contributed by atoms with van der Waals surface area (Å²) in [5.74, 6) is 0. The van der Waals surface area contributed by atoms with Crippen molar-refractivity contribution in [1.29, 1.82) is 0 Å². The molecule has 104 valence electrons. The summed E-state index contributed by atoms with van der Waals surface area (Å²) in [5, 5.41) is 0.785. The van der Waals surface area contributed by atoms with Crippen molar-refractivity contribution in [3.05, 3.63) is 70.2 Å². The molecule has 2 aromatic rings. The lowest BCUT2D eigenvalue weighted by molar-refractivity contribution is 0.181. The zero-order valence-electron chi connectivity index (χ0n) is 11.4. The highest BCUT2D eigenvalue weighted by molar-refractivity contribution is 6.30. The Hall–Kier alpha value is -1.35. The maximum Gasteiger partial charge on any atom is 0.0476 e. The predicted octanol–water partition coefficient (Wildman–Crippen LogP) is 3.40. The van der Waals surface area contributed by atoms with Gasteiger partial charge in [0.05, 0.1) is 0 Å². The zero-order chi connectivity index (χ0) is 13.9. The van der Waals surface area contributed by atoms with Crippen molar-refractivity contribution in [2.45, 2.75) is 19.0 Å². The number of hydrogen-bond acceptors (Lipinski definition) is 2. The molecule has 0 spiro atoms. The molecule has 0 radical (unpaired) electrons. The van der Waals surface area contributed by atoms with E-state index in [-0.39, 0.29) is 0 Å². The number of rotatable bonds is 3. The van der Waals surface area contributed by atoms with E-state index in [4.69, 9.17) is 17.3 Å². The van der Waals surface area contributed by atoms with Crippen LogP contribution in [-0.4, -0.2) is 18.0 Å². The molecule has 20 heavy (non-hydrogen) atoms. The highest BCUT2D eigenvalue weighted by Crippen LogP contribution is 2.30. The summed E-state index contributed by atoms with van der Waals surface area (Å²) >= 11 is 5.94. The van der Waals surface area contributed by atoms with Crippen LogP contribution < -0.4 is 5.73 Å². The molecule has 0 amide bonds. The predicted molar refractivity (Wildman–Crippen MR) is 83.8 cm³/mol. The molecule has 3 heteroatoms. The molecule has 2 aromatic carbocycles. The summed E-state index contributed by atoms with van der Waals surface area (Å²) in [6.45, 7) is 2.64. The third-order valence-electron chi connectivity index (χ3n) is 4.05. The third kappa shape index (κ3) is 2.73. The molecule has 1 aliphatic heterocycles. The van der Waals surface area contributed by atoms with Crippen LogP contribution in [0.2, 0.25) is 5.02 Å². The Morgan fingerprint density at radius 3 is 2.60 bits per heavy atom. The molecule has 0 aromatic heterocycles. The summed E-state index contributed by atoms with van der Waals surface area (Å²) < 4.78 is 0. The molecule has 1 atom stereocenters. The molecule has 0 saturated carbocycles. The maximum atomic E-state index is 6.02. The van der Waals surface area contributed by atoms with E-state index in [1.807, 2.05) is 12.1 Å². The average molecular weight is 287 g/mol. The van der Waals surface area contributed by atoms with Crippen molar-refractivity contribution < 1.29 is 0 Å². The molecule has 2 nitrogen and oxygen atoms in total. The largest absolute Gasteiger partial charge is 0.329 e. The number of hydrogen-bond donors (Lipinski definition) is 1. The minimum absolute atomic E-state index is 0.315. The minimum atomic E-state index is 0.315. The molecule has 2 N–H and O–H groups in total. The van der Waals surface area contributed by atoms with Crippen LogP contribution in [0.15, 0.2) is 48.5 Å². The van der Waals surface area contributed by atoms with Gasteiger partial charge < -0.3 is 5.73 Å². The van der Waals surface area contributed by atoms with Gasteiger partial charge in [-0.2, -0.15) is 0 Å². The zero-order valence-corrected chi connectivity index (χ0v) is 12.2. The normalized spacial score (nSPS) is 18.8. The molecular formula is C17H19ClN2. The van der Waals surface area contributed by atoms with E-state index in [2.05, 4.69) is 41.3 Å². The summed E-state index contributed by atoms with van der Waals surface area (Å²) in [5.41, 5.74) is 10.1. The number of benzene rings is 2. The van der Waals surface area contributed by atoms with Gasteiger partial charge in [0, 0.05) is 30.7 Å². The van der Waals surface area contributed by atoms with E-state index < -0.39 is 0 Å². The molecule has 3 rings (SSSR count). The number of fused-ring (bicyclic) bond motifs is 1. The highest BCUT2D eigenvalue weighted by atomic mass is 35.5. The first-order valence-corrected chi connectivity index (χ1v) is 7.42. The van der Waals surface area contributed by atoms with Crippen LogP contribution in [0.25, 0.3) is 0 Å². The smallest absolute Gasteiger partial charge is 0.0476 e. The van der Waals surface area contributed by atoms with Gasteiger partial charge >= 0.3 is 0 Å². The number of nitrogens with zero attached hydrogens (tertiary/aromatic N) is 1. The lowest BCUT2D eigenvalue weighted by Gasteiger charge is -2.36. The molecule has 1 heterocycles. The Morgan fingerprint density at radius 1 is 1.10 bits per heavy atom. The van der Waals surface area contributed by atoms with Gasteiger partial charge in [-0.15, -0.1) is 0 Å². The molecule has 0 bridgehead atoms. The fourth-order valence-electron chi connectivity index (χ4n) is 2.99. The minimum Gasteiger partial charge on any atom is -0.329 e. The van der Waals surface area contributed by atoms with Crippen molar-refractivity contribution in [3.8, 4) is 0 Å². The fraction of sp³-hybridized carbons (Fsp3) is 0.294. The summed E-state index contributed by atoms with van der Waals surface area (Å²) in [6, 6.07) is 17.0. The Bertz CT molecular complexity index is 580. The van der Waals surface area contributed by atoms with Crippen LogP contribution >= 0.6 is 11.6 Å². The Balaban J connectivity index is 1.82. The van der Waals surface area contributed by atoms with E-state index in [0.29, 0.717) is 12.6 Å². The maximum absolute atomic E-state index is 6.02. The lowest BCUT2D eigenvalue weighted by Crippen LogP contribution is -2.38. The standard InChI is InChI=1S/C17H19ClN2/c18-15-7-5-13(6-8-15)12-20-10-9-14-3-1-2-4-16(14)17(20)11-19/h1-8,17H,9-12,19H2. The van der Waals surface area contributed by atoms with E-state index in [1.165, 1.54) is 16.7 Å². The summed E-state index contributed by atoms with van der Waals surface area (Å²) in [7, 11) is 0. The average Bonchev–Trinajstić information content (AvgIpc) is 2.49.